The first-order chi connectivity index (χ1) is 6.65. The van der Waals surface area contributed by atoms with Gasteiger partial charge < -0.3 is 15.4 Å². The smallest absolute Gasteiger partial charge is 0.236 e. The molecule has 0 aromatic carbocycles. The van der Waals surface area contributed by atoms with Crippen molar-refractivity contribution in [1.82, 2.24) is 10.6 Å². The third-order valence-electron chi connectivity index (χ3n) is 2.74. The number of hydrogen-bond acceptors (Lipinski definition) is 3. The van der Waals surface area contributed by atoms with E-state index in [-0.39, 0.29) is 11.9 Å². The molecule has 3 atom stereocenters. The van der Waals surface area contributed by atoms with E-state index in [0.717, 1.165) is 19.6 Å². The lowest BCUT2D eigenvalue weighted by Gasteiger charge is -2.31. The largest absolute Gasteiger partial charge is 0.381 e. The summed E-state index contributed by atoms with van der Waals surface area (Å²) in [6, 6.07) is 0.279. The first-order valence-corrected chi connectivity index (χ1v) is 5.20. The highest BCUT2D eigenvalue weighted by Crippen LogP contribution is 2.14. The molecule has 0 spiro atoms. The first-order valence-electron chi connectivity index (χ1n) is 5.20. The average molecular weight is 200 g/mol. The number of amides is 1. The Balaban J connectivity index is 2.38. The van der Waals surface area contributed by atoms with Crippen molar-refractivity contribution in [2.75, 3.05) is 20.3 Å². The van der Waals surface area contributed by atoms with Crippen LogP contribution in [0.2, 0.25) is 0 Å². The van der Waals surface area contributed by atoms with E-state index < -0.39 is 0 Å². The van der Waals surface area contributed by atoms with Crippen LogP contribution >= 0.6 is 0 Å². The quantitative estimate of drug-likeness (QED) is 0.681. The number of carbonyl (C=O) groups excluding carboxylic acids is 1. The summed E-state index contributed by atoms with van der Waals surface area (Å²) in [7, 11) is 1.66. The highest BCUT2D eigenvalue weighted by atomic mass is 16.5. The van der Waals surface area contributed by atoms with Crippen molar-refractivity contribution in [2.45, 2.75) is 32.4 Å². The van der Waals surface area contributed by atoms with Crippen LogP contribution in [-0.2, 0) is 9.53 Å². The zero-order chi connectivity index (χ0) is 10.6. The van der Waals surface area contributed by atoms with Gasteiger partial charge in [-0.15, -0.1) is 0 Å². The normalized spacial score (nSPS) is 29.6. The van der Waals surface area contributed by atoms with Crippen LogP contribution in [-0.4, -0.2) is 38.3 Å². The Bertz CT molecular complexity index is 197. The van der Waals surface area contributed by atoms with Crippen LogP contribution in [0.25, 0.3) is 0 Å². The fourth-order valence-electron chi connectivity index (χ4n) is 1.74. The zero-order valence-corrected chi connectivity index (χ0v) is 9.17. The molecule has 0 aliphatic carbocycles. The lowest BCUT2D eigenvalue weighted by Crippen LogP contribution is -2.50. The molecular formula is C10H20N2O2. The molecule has 1 aliphatic heterocycles. The maximum atomic E-state index is 11.3. The second-order valence-electron chi connectivity index (χ2n) is 3.95. The van der Waals surface area contributed by atoms with Crippen molar-refractivity contribution < 1.29 is 9.53 Å². The number of ether oxygens (including phenoxy) is 1. The molecule has 0 radical (unpaired) electrons. The van der Waals surface area contributed by atoms with E-state index >= 15 is 0 Å². The summed E-state index contributed by atoms with van der Waals surface area (Å²) < 4.78 is 5.34. The maximum Gasteiger partial charge on any atom is 0.236 e. The second-order valence-corrected chi connectivity index (χ2v) is 3.95. The molecule has 0 bridgehead atoms. The van der Waals surface area contributed by atoms with Crippen molar-refractivity contribution in [2.24, 2.45) is 5.92 Å². The zero-order valence-electron chi connectivity index (χ0n) is 9.17. The standard InChI is InChI=1S/C10H20N2O2/c1-7-6-14-5-4-9(7)12-8(2)10(13)11-3/h7-9,12H,4-6H2,1-3H3,(H,11,13)/t7?,8-,9?/m0/s1. The van der Waals surface area contributed by atoms with Gasteiger partial charge in [0.2, 0.25) is 5.91 Å². The maximum absolute atomic E-state index is 11.3. The van der Waals surface area contributed by atoms with Crippen molar-refractivity contribution in [1.29, 1.82) is 0 Å². The molecule has 1 saturated heterocycles. The summed E-state index contributed by atoms with van der Waals surface area (Å²) in [4.78, 5) is 11.3. The topological polar surface area (TPSA) is 50.4 Å². The molecule has 4 nitrogen and oxygen atoms in total. The minimum Gasteiger partial charge on any atom is -0.381 e. The van der Waals surface area contributed by atoms with E-state index in [2.05, 4.69) is 17.6 Å². The monoisotopic (exact) mass is 200 g/mol. The van der Waals surface area contributed by atoms with Gasteiger partial charge >= 0.3 is 0 Å². The van der Waals surface area contributed by atoms with E-state index in [1.807, 2.05) is 6.92 Å². The molecule has 1 rings (SSSR count). The predicted molar refractivity (Wildman–Crippen MR) is 55.1 cm³/mol. The Kier molecular flexibility index (Phi) is 4.35. The van der Waals surface area contributed by atoms with E-state index in [1.165, 1.54) is 0 Å². The molecule has 0 aromatic rings. The van der Waals surface area contributed by atoms with Crippen LogP contribution in [0.1, 0.15) is 20.3 Å². The Morgan fingerprint density at radius 2 is 2.29 bits per heavy atom. The Morgan fingerprint density at radius 3 is 2.86 bits per heavy atom. The fourth-order valence-corrected chi connectivity index (χ4v) is 1.74. The van der Waals surface area contributed by atoms with Gasteiger partial charge in [0.15, 0.2) is 0 Å². The van der Waals surface area contributed by atoms with Crippen molar-refractivity contribution in [3.8, 4) is 0 Å². The number of hydrogen-bond donors (Lipinski definition) is 2. The lowest BCUT2D eigenvalue weighted by atomic mass is 9.97. The number of rotatable bonds is 3. The van der Waals surface area contributed by atoms with Crippen LogP contribution in [0.4, 0.5) is 0 Å². The molecule has 4 heteroatoms. The molecule has 0 aromatic heterocycles. The third kappa shape index (κ3) is 2.96. The van der Waals surface area contributed by atoms with Crippen LogP contribution in [0.3, 0.4) is 0 Å². The predicted octanol–water partition coefficient (Wildman–Crippen LogP) is 0.135. The molecule has 0 saturated carbocycles. The molecule has 1 heterocycles. The van der Waals surface area contributed by atoms with Gasteiger partial charge in [-0.1, -0.05) is 6.92 Å². The van der Waals surface area contributed by atoms with E-state index in [0.29, 0.717) is 12.0 Å². The summed E-state index contributed by atoms with van der Waals surface area (Å²) in [6.45, 7) is 5.62. The van der Waals surface area contributed by atoms with Crippen LogP contribution in [0.5, 0.6) is 0 Å². The number of likely N-dealkylation sites (N-methyl/N-ethyl adjacent to an activating group) is 1. The Morgan fingerprint density at radius 1 is 1.57 bits per heavy atom. The van der Waals surface area contributed by atoms with E-state index in [1.54, 1.807) is 7.05 Å². The van der Waals surface area contributed by atoms with E-state index in [9.17, 15) is 4.79 Å². The van der Waals surface area contributed by atoms with Gasteiger partial charge in [0.25, 0.3) is 0 Å². The fraction of sp³-hybridized carbons (Fsp3) is 0.900. The van der Waals surface area contributed by atoms with Crippen molar-refractivity contribution in [3.63, 3.8) is 0 Å². The van der Waals surface area contributed by atoms with Gasteiger partial charge in [-0.2, -0.15) is 0 Å². The van der Waals surface area contributed by atoms with Crippen molar-refractivity contribution >= 4 is 5.91 Å². The summed E-state index contributed by atoms with van der Waals surface area (Å²) in [6.07, 6.45) is 0.989. The van der Waals surface area contributed by atoms with Gasteiger partial charge in [0, 0.05) is 19.7 Å². The highest BCUT2D eigenvalue weighted by molar-refractivity contribution is 5.80. The SMILES string of the molecule is CNC(=O)[C@H](C)NC1CCOCC1C. The van der Waals surface area contributed by atoms with Gasteiger partial charge in [-0.3, -0.25) is 4.79 Å². The second kappa shape index (κ2) is 5.32. The number of carbonyl (C=O) groups is 1. The summed E-state index contributed by atoms with van der Waals surface area (Å²) in [5, 5.41) is 5.96. The molecule has 1 amide bonds. The molecule has 82 valence electrons. The summed E-state index contributed by atoms with van der Waals surface area (Å²) in [5.41, 5.74) is 0. The van der Waals surface area contributed by atoms with Crippen LogP contribution in [0, 0.1) is 5.92 Å². The van der Waals surface area contributed by atoms with Gasteiger partial charge in [0.1, 0.15) is 0 Å². The molecule has 2 unspecified atom stereocenters. The molecule has 1 aliphatic rings. The molecular weight excluding hydrogens is 180 g/mol. The van der Waals surface area contributed by atoms with Gasteiger partial charge in [-0.25, -0.2) is 0 Å². The van der Waals surface area contributed by atoms with Gasteiger partial charge in [0.05, 0.1) is 12.6 Å². The van der Waals surface area contributed by atoms with Gasteiger partial charge in [-0.05, 0) is 19.3 Å². The summed E-state index contributed by atoms with van der Waals surface area (Å²) in [5.74, 6) is 0.527. The molecule has 14 heavy (non-hydrogen) atoms. The molecule has 1 fully saturated rings. The minimum absolute atomic E-state index is 0.0451. The lowest BCUT2D eigenvalue weighted by molar-refractivity contribution is -0.122. The Hall–Kier alpha value is -0.610. The third-order valence-corrected chi connectivity index (χ3v) is 2.74. The average Bonchev–Trinajstić information content (AvgIpc) is 2.20. The summed E-state index contributed by atoms with van der Waals surface area (Å²) >= 11 is 0. The number of nitrogens with one attached hydrogen (secondary N) is 2. The first kappa shape index (κ1) is 11.5. The Labute approximate surface area is 85.4 Å². The minimum atomic E-state index is -0.120. The van der Waals surface area contributed by atoms with E-state index in [4.69, 9.17) is 4.74 Å². The van der Waals surface area contributed by atoms with Crippen LogP contribution < -0.4 is 10.6 Å². The molecule has 2 N–H and O–H groups in total. The van der Waals surface area contributed by atoms with Crippen molar-refractivity contribution in [3.05, 3.63) is 0 Å². The van der Waals surface area contributed by atoms with Crippen LogP contribution in [0.15, 0.2) is 0 Å². The highest BCUT2D eigenvalue weighted by Gasteiger charge is 2.24.